The van der Waals surface area contributed by atoms with Crippen LogP contribution in [-0.4, -0.2) is 16.3 Å². The molecule has 0 unspecified atom stereocenters. The van der Waals surface area contributed by atoms with Crippen molar-refractivity contribution >= 4 is 16.3 Å². The second-order valence-electron chi connectivity index (χ2n) is 1.65. The van der Waals surface area contributed by atoms with Crippen LogP contribution >= 0.6 is 0 Å². The average Bonchev–Trinajstić information content (AvgIpc) is 1.72. The van der Waals surface area contributed by atoms with E-state index in [0.29, 0.717) is 0 Å². The normalized spacial score (nSPS) is 22.7. The van der Waals surface area contributed by atoms with Crippen molar-refractivity contribution in [2.45, 2.75) is 25.2 Å². The maximum atomic E-state index is 2.42. The van der Waals surface area contributed by atoms with Crippen molar-refractivity contribution in [3.63, 3.8) is 0 Å². The summed E-state index contributed by atoms with van der Waals surface area (Å²) in [6.07, 6.45) is 4.32. The van der Waals surface area contributed by atoms with E-state index in [-0.39, 0.29) is 0 Å². The van der Waals surface area contributed by atoms with Gasteiger partial charge in [-0.3, -0.25) is 0 Å². The molecular formula is C4H8BSi. The van der Waals surface area contributed by atoms with Crippen molar-refractivity contribution < 1.29 is 0 Å². The molecule has 1 saturated heterocycles. The van der Waals surface area contributed by atoms with Crippen LogP contribution in [-0.2, 0) is 0 Å². The standard InChI is InChI=1S/C4H8BSi/c1-2-4-6-5-3-1/h1-4H2. The molecule has 1 heterocycles. The van der Waals surface area contributed by atoms with E-state index in [2.05, 4.69) is 6.87 Å². The second-order valence-corrected chi connectivity index (χ2v) is 2.97. The lowest BCUT2D eigenvalue weighted by atomic mass is 9.97. The highest BCUT2D eigenvalue weighted by Gasteiger charge is 1.97. The number of hydrogen-bond acceptors (Lipinski definition) is 0. The van der Waals surface area contributed by atoms with Crippen LogP contribution in [0.3, 0.4) is 0 Å². The zero-order valence-corrected chi connectivity index (χ0v) is 4.91. The van der Waals surface area contributed by atoms with Crippen LogP contribution in [0.15, 0.2) is 0 Å². The monoisotopic (exact) mass is 95.0 g/mol. The van der Waals surface area contributed by atoms with Crippen LogP contribution in [0.4, 0.5) is 0 Å². The highest BCUT2D eigenvalue weighted by atomic mass is 28.2. The van der Waals surface area contributed by atoms with E-state index in [1.165, 1.54) is 34.6 Å². The summed E-state index contributed by atoms with van der Waals surface area (Å²) in [6.45, 7) is 2.42. The molecular weight excluding hydrogens is 86.9 g/mol. The van der Waals surface area contributed by atoms with Gasteiger partial charge in [0.25, 0.3) is 0 Å². The first-order valence-electron chi connectivity index (χ1n) is 2.55. The molecule has 1 rings (SSSR count). The van der Waals surface area contributed by atoms with Crippen LogP contribution in [0.1, 0.15) is 12.8 Å². The van der Waals surface area contributed by atoms with Gasteiger partial charge >= 0.3 is 0 Å². The Morgan fingerprint density at radius 1 is 1.33 bits per heavy atom. The van der Waals surface area contributed by atoms with Gasteiger partial charge in [-0.2, -0.15) is 0 Å². The SMILES string of the molecule is [B]1CCCC[Si]1. The van der Waals surface area contributed by atoms with Gasteiger partial charge in [0.1, 0.15) is 0 Å². The third-order valence-corrected chi connectivity index (χ3v) is 2.28. The van der Waals surface area contributed by atoms with Gasteiger partial charge < -0.3 is 0 Å². The summed E-state index contributed by atoms with van der Waals surface area (Å²) in [6, 6.07) is 1.47. The minimum atomic E-state index is 1.18. The first-order valence-corrected chi connectivity index (χ1v) is 3.83. The van der Waals surface area contributed by atoms with Crippen molar-refractivity contribution in [3.8, 4) is 0 Å². The quantitative estimate of drug-likeness (QED) is 0.393. The molecule has 0 aromatic heterocycles. The summed E-state index contributed by atoms with van der Waals surface area (Å²) in [5.74, 6) is 0. The minimum absolute atomic E-state index is 1.18. The summed E-state index contributed by atoms with van der Waals surface area (Å²) in [5, 5.41) is 0. The van der Waals surface area contributed by atoms with Gasteiger partial charge in [0, 0.05) is 0 Å². The minimum Gasteiger partial charge on any atom is -0.0834 e. The predicted octanol–water partition coefficient (Wildman–Crippen LogP) is 0.940. The smallest absolute Gasteiger partial charge is 0.0834 e. The lowest BCUT2D eigenvalue weighted by molar-refractivity contribution is 0.867. The Morgan fingerprint density at radius 2 is 2.33 bits per heavy atom. The maximum Gasteiger partial charge on any atom is 0.0962 e. The fourth-order valence-electron chi connectivity index (χ4n) is 0.678. The summed E-state index contributed by atoms with van der Waals surface area (Å²) in [7, 11) is 1.18. The van der Waals surface area contributed by atoms with Crippen LogP contribution in [0.2, 0.25) is 12.4 Å². The van der Waals surface area contributed by atoms with Gasteiger partial charge in [0.2, 0.25) is 0 Å². The Balaban J connectivity index is 2.00. The summed E-state index contributed by atoms with van der Waals surface area (Å²) >= 11 is 0. The van der Waals surface area contributed by atoms with Gasteiger partial charge in [0.05, 0.1) is 6.87 Å². The van der Waals surface area contributed by atoms with Gasteiger partial charge in [-0.1, -0.05) is 25.2 Å². The van der Waals surface area contributed by atoms with E-state index < -0.39 is 0 Å². The predicted molar refractivity (Wildman–Crippen MR) is 30.4 cm³/mol. The van der Waals surface area contributed by atoms with Crippen molar-refractivity contribution in [2.75, 3.05) is 0 Å². The highest BCUT2D eigenvalue weighted by Crippen LogP contribution is 2.04. The molecule has 0 amide bonds. The molecule has 0 spiro atoms. The fourth-order valence-corrected chi connectivity index (χ4v) is 1.74. The van der Waals surface area contributed by atoms with Crippen LogP contribution in [0.25, 0.3) is 0 Å². The first-order chi connectivity index (χ1) is 3.00. The molecule has 1 fully saturated rings. The summed E-state index contributed by atoms with van der Waals surface area (Å²) in [5.41, 5.74) is 0. The van der Waals surface area contributed by atoms with Crippen LogP contribution in [0, 0.1) is 0 Å². The molecule has 1 aliphatic heterocycles. The second kappa shape index (κ2) is 2.45. The molecule has 0 saturated carbocycles. The average molecular weight is 95.0 g/mol. The molecule has 2 heteroatoms. The largest absolute Gasteiger partial charge is 0.0962 e. The lowest BCUT2D eigenvalue weighted by Gasteiger charge is -2.03. The molecule has 0 aliphatic carbocycles. The van der Waals surface area contributed by atoms with Crippen LogP contribution < -0.4 is 0 Å². The summed E-state index contributed by atoms with van der Waals surface area (Å²) in [4.78, 5) is 0. The molecule has 0 bridgehead atoms. The van der Waals surface area contributed by atoms with Gasteiger partial charge in [-0.25, -0.2) is 0 Å². The Hall–Kier alpha value is 0.282. The molecule has 1 aliphatic rings. The highest BCUT2D eigenvalue weighted by molar-refractivity contribution is 7.00. The van der Waals surface area contributed by atoms with E-state index in [0.717, 1.165) is 0 Å². The molecule has 0 N–H and O–H groups in total. The number of rotatable bonds is 0. The first kappa shape index (κ1) is 4.44. The Kier molecular flexibility index (Phi) is 1.82. The molecule has 0 atom stereocenters. The Morgan fingerprint density at radius 3 is 2.50 bits per heavy atom. The molecule has 0 aromatic carbocycles. The zero-order valence-electron chi connectivity index (χ0n) is 3.91. The van der Waals surface area contributed by atoms with Gasteiger partial charge in [-0.15, -0.1) is 0 Å². The van der Waals surface area contributed by atoms with E-state index in [9.17, 15) is 0 Å². The van der Waals surface area contributed by atoms with E-state index >= 15 is 0 Å². The van der Waals surface area contributed by atoms with E-state index in [1.54, 1.807) is 0 Å². The van der Waals surface area contributed by atoms with Crippen LogP contribution in [0.5, 0.6) is 0 Å². The van der Waals surface area contributed by atoms with Crippen molar-refractivity contribution in [1.29, 1.82) is 0 Å². The summed E-state index contributed by atoms with van der Waals surface area (Å²) < 4.78 is 0. The van der Waals surface area contributed by atoms with Gasteiger partial charge in [-0.05, 0) is 9.39 Å². The molecule has 0 nitrogen and oxygen atoms in total. The molecule has 0 aromatic rings. The van der Waals surface area contributed by atoms with Crippen molar-refractivity contribution in [1.82, 2.24) is 0 Å². The van der Waals surface area contributed by atoms with E-state index in [1.807, 2.05) is 0 Å². The van der Waals surface area contributed by atoms with Crippen molar-refractivity contribution in [3.05, 3.63) is 0 Å². The molecule has 3 radical (unpaired) electrons. The Labute approximate surface area is 42.3 Å². The topological polar surface area (TPSA) is 0 Å². The zero-order chi connectivity index (χ0) is 4.24. The van der Waals surface area contributed by atoms with Gasteiger partial charge in [0.15, 0.2) is 0 Å². The molecule has 31 valence electrons. The Bertz CT molecular complexity index is 23.0. The maximum absolute atomic E-state index is 2.42. The van der Waals surface area contributed by atoms with Crippen molar-refractivity contribution in [2.24, 2.45) is 0 Å². The molecule has 6 heavy (non-hydrogen) atoms. The fraction of sp³-hybridized carbons (Fsp3) is 1.00. The van der Waals surface area contributed by atoms with E-state index in [4.69, 9.17) is 0 Å². The lowest BCUT2D eigenvalue weighted by Crippen LogP contribution is -2.07. The third-order valence-electron chi connectivity index (χ3n) is 1.06. The number of hydrogen-bond donors (Lipinski definition) is 0. The third kappa shape index (κ3) is 1.17.